The predicted molar refractivity (Wildman–Crippen MR) is 122 cm³/mol. The van der Waals surface area contributed by atoms with Gasteiger partial charge in [0.1, 0.15) is 18.0 Å². The molecule has 0 spiro atoms. The molecule has 0 radical (unpaired) electrons. The molecule has 1 unspecified atom stereocenters. The van der Waals surface area contributed by atoms with Crippen molar-refractivity contribution in [1.29, 1.82) is 0 Å². The van der Waals surface area contributed by atoms with Crippen LogP contribution in [-0.2, 0) is 13.1 Å². The fourth-order valence-electron chi connectivity index (χ4n) is 3.66. The van der Waals surface area contributed by atoms with Crippen LogP contribution in [0, 0.1) is 0 Å². The molecule has 31 heavy (non-hydrogen) atoms. The van der Waals surface area contributed by atoms with Crippen LogP contribution in [0.3, 0.4) is 0 Å². The Balaban J connectivity index is 1.56. The van der Waals surface area contributed by atoms with Gasteiger partial charge in [0.2, 0.25) is 0 Å². The zero-order chi connectivity index (χ0) is 22.2. The van der Waals surface area contributed by atoms with E-state index in [1.54, 1.807) is 14.2 Å². The molecule has 1 aromatic carbocycles. The lowest BCUT2D eigenvalue weighted by Gasteiger charge is -2.19. The molecule has 0 aliphatic carbocycles. The number of aliphatic imine (C=N–C) groups is 1. The van der Waals surface area contributed by atoms with Crippen LogP contribution >= 0.6 is 0 Å². The third-order valence-electron chi connectivity index (χ3n) is 5.34. The number of hydrogen-bond donors (Lipinski definition) is 2. The lowest BCUT2D eigenvalue weighted by atomic mass is 10.1. The normalized spacial score (nSPS) is 17.2. The summed E-state index contributed by atoms with van der Waals surface area (Å²) in [6.45, 7) is 10.4. The molecule has 8 nitrogen and oxygen atoms in total. The fraction of sp³-hybridized carbons (Fsp3) is 0.565. The summed E-state index contributed by atoms with van der Waals surface area (Å²) in [5, 5.41) is 11.0. The van der Waals surface area contributed by atoms with Crippen molar-refractivity contribution in [2.24, 2.45) is 4.99 Å². The Morgan fingerprint density at radius 3 is 2.58 bits per heavy atom. The second-order valence-electron chi connectivity index (χ2n) is 8.15. The number of aromatic nitrogens is 1. The van der Waals surface area contributed by atoms with Gasteiger partial charge in [-0.05, 0) is 37.0 Å². The molecule has 3 rings (SSSR count). The summed E-state index contributed by atoms with van der Waals surface area (Å²) >= 11 is 0. The minimum atomic E-state index is 0.339. The number of guanidine groups is 1. The van der Waals surface area contributed by atoms with Gasteiger partial charge in [0.25, 0.3) is 0 Å². The van der Waals surface area contributed by atoms with Crippen molar-refractivity contribution >= 4 is 5.96 Å². The highest BCUT2D eigenvalue weighted by atomic mass is 16.5. The number of likely N-dealkylation sites (tertiary alicyclic amines) is 1. The van der Waals surface area contributed by atoms with E-state index in [9.17, 15) is 0 Å². The first-order valence-electron chi connectivity index (χ1n) is 10.9. The topological polar surface area (TPSA) is 84.2 Å². The molecular weight excluding hydrogens is 394 g/mol. The van der Waals surface area contributed by atoms with Crippen LogP contribution in [0.2, 0.25) is 0 Å². The van der Waals surface area contributed by atoms with Crippen LogP contribution in [0.5, 0.6) is 11.5 Å². The summed E-state index contributed by atoms with van der Waals surface area (Å²) in [5.41, 5.74) is 2.15. The van der Waals surface area contributed by atoms with Gasteiger partial charge in [-0.15, -0.1) is 0 Å². The predicted octanol–water partition coefficient (Wildman–Crippen LogP) is 3.14. The lowest BCUT2D eigenvalue weighted by molar-refractivity contribution is 0.321. The average molecular weight is 430 g/mol. The van der Waals surface area contributed by atoms with Crippen molar-refractivity contribution in [2.75, 3.05) is 33.9 Å². The van der Waals surface area contributed by atoms with Gasteiger partial charge in [0.05, 0.1) is 19.9 Å². The van der Waals surface area contributed by atoms with Crippen LogP contribution in [0.4, 0.5) is 0 Å². The molecule has 1 fully saturated rings. The zero-order valence-electron chi connectivity index (χ0n) is 19.3. The second kappa shape index (κ2) is 11.0. The molecule has 1 saturated heterocycles. The van der Waals surface area contributed by atoms with E-state index in [2.05, 4.69) is 58.6 Å². The molecule has 1 aliphatic heterocycles. The van der Waals surface area contributed by atoms with E-state index in [0.717, 1.165) is 61.5 Å². The summed E-state index contributed by atoms with van der Waals surface area (Å²) in [4.78, 5) is 7.11. The summed E-state index contributed by atoms with van der Waals surface area (Å²) in [6.07, 6.45) is 1.06. The van der Waals surface area contributed by atoms with Crippen molar-refractivity contribution in [2.45, 2.75) is 52.2 Å². The van der Waals surface area contributed by atoms with Crippen LogP contribution in [0.25, 0.3) is 0 Å². The van der Waals surface area contributed by atoms with E-state index in [4.69, 9.17) is 14.0 Å². The Labute approximate surface area is 185 Å². The van der Waals surface area contributed by atoms with E-state index in [1.807, 2.05) is 12.1 Å². The monoisotopic (exact) mass is 429 g/mol. The Morgan fingerprint density at radius 2 is 1.97 bits per heavy atom. The van der Waals surface area contributed by atoms with E-state index >= 15 is 0 Å². The van der Waals surface area contributed by atoms with Crippen molar-refractivity contribution in [3.05, 3.63) is 41.3 Å². The van der Waals surface area contributed by atoms with Gasteiger partial charge in [-0.1, -0.05) is 19.0 Å². The van der Waals surface area contributed by atoms with Gasteiger partial charge in [-0.3, -0.25) is 4.90 Å². The molecular formula is C23H35N5O3. The van der Waals surface area contributed by atoms with Gasteiger partial charge in [0.15, 0.2) is 11.7 Å². The summed E-state index contributed by atoms with van der Waals surface area (Å²) in [6, 6.07) is 8.36. The molecule has 2 heterocycles. The number of methoxy groups -OCH3 is 2. The van der Waals surface area contributed by atoms with Crippen molar-refractivity contribution in [1.82, 2.24) is 20.7 Å². The highest BCUT2D eigenvalue weighted by Gasteiger charge is 2.23. The molecule has 8 heteroatoms. The Kier molecular flexibility index (Phi) is 8.17. The standard InChI is InChI=1S/C23H35N5O3/c1-6-24-23(25-13-21-12-22(16(2)3)27-31-21)26-18-7-8-28(15-18)14-17-9-19(29-4)11-20(10-17)30-5/h9-12,16,18H,6-8,13-15H2,1-5H3,(H2,24,25,26). The summed E-state index contributed by atoms with van der Waals surface area (Å²) < 4.78 is 16.2. The maximum absolute atomic E-state index is 5.40. The average Bonchev–Trinajstić information content (AvgIpc) is 3.41. The number of rotatable bonds is 9. The van der Waals surface area contributed by atoms with Gasteiger partial charge < -0.3 is 24.6 Å². The minimum Gasteiger partial charge on any atom is -0.497 e. The SMILES string of the molecule is CCNC(=NCc1cc(C(C)C)no1)NC1CCN(Cc2cc(OC)cc(OC)c2)C1. The lowest BCUT2D eigenvalue weighted by Crippen LogP contribution is -2.44. The van der Waals surface area contributed by atoms with Gasteiger partial charge in [0, 0.05) is 44.4 Å². The van der Waals surface area contributed by atoms with Gasteiger partial charge in [-0.25, -0.2) is 4.99 Å². The van der Waals surface area contributed by atoms with Crippen LogP contribution in [0.15, 0.2) is 33.8 Å². The molecule has 1 aromatic heterocycles. The molecule has 170 valence electrons. The third kappa shape index (κ3) is 6.62. The van der Waals surface area contributed by atoms with E-state index in [1.165, 1.54) is 5.56 Å². The van der Waals surface area contributed by atoms with Gasteiger partial charge in [-0.2, -0.15) is 0 Å². The minimum absolute atomic E-state index is 0.339. The molecule has 2 aromatic rings. The Bertz CT molecular complexity index is 842. The Morgan fingerprint density at radius 1 is 1.23 bits per heavy atom. The molecule has 0 bridgehead atoms. The molecule has 2 N–H and O–H groups in total. The third-order valence-corrected chi connectivity index (χ3v) is 5.34. The molecule has 0 saturated carbocycles. The van der Waals surface area contributed by atoms with Crippen molar-refractivity contribution < 1.29 is 14.0 Å². The number of ether oxygens (including phenoxy) is 2. The first-order chi connectivity index (χ1) is 15.0. The van der Waals surface area contributed by atoms with Crippen LogP contribution in [-0.4, -0.2) is 55.9 Å². The maximum atomic E-state index is 5.40. The highest BCUT2D eigenvalue weighted by molar-refractivity contribution is 5.80. The highest BCUT2D eigenvalue weighted by Crippen LogP contribution is 2.24. The Hall–Kier alpha value is -2.74. The maximum Gasteiger partial charge on any atom is 0.191 e. The zero-order valence-corrected chi connectivity index (χ0v) is 19.3. The molecule has 0 amide bonds. The van der Waals surface area contributed by atoms with E-state index in [0.29, 0.717) is 18.5 Å². The van der Waals surface area contributed by atoms with Crippen LogP contribution < -0.4 is 20.1 Å². The fourth-order valence-corrected chi connectivity index (χ4v) is 3.66. The largest absolute Gasteiger partial charge is 0.497 e. The van der Waals surface area contributed by atoms with E-state index < -0.39 is 0 Å². The smallest absolute Gasteiger partial charge is 0.191 e. The van der Waals surface area contributed by atoms with Gasteiger partial charge >= 0.3 is 0 Å². The number of nitrogens with one attached hydrogen (secondary N) is 2. The van der Waals surface area contributed by atoms with Crippen LogP contribution in [0.1, 0.15) is 50.1 Å². The van der Waals surface area contributed by atoms with Crippen molar-refractivity contribution in [3.8, 4) is 11.5 Å². The number of benzene rings is 1. The molecule has 1 aliphatic rings. The first-order valence-corrected chi connectivity index (χ1v) is 10.9. The number of nitrogens with zero attached hydrogens (tertiary/aromatic N) is 3. The van der Waals surface area contributed by atoms with E-state index in [-0.39, 0.29) is 0 Å². The van der Waals surface area contributed by atoms with Crippen molar-refractivity contribution in [3.63, 3.8) is 0 Å². The number of hydrogen-bond acceptors (Lipinski definition) is 6. The summed E-state index contributed by atoms with van der Waals surface area (Å²) in [7, 11) is 3.36. The molecule has 1 atom stereocenters. The second-order valence-corrected chi connectivity index (χ2v) is 8.15. The summed E-state index contributed by atoms with van der Waals surface area (Å²) in [5.74, 6) is 3.57. The first kappa shape index (κ1) is 22.9. The quantitative estimate of drug-likeness (QED) is 0.468.